The van der Waals surface area contributed by atoms with E-state index in [0.29, 0.717) is 17.4 Å². The van der Waals surface area contributed by atoms with Crippen molar-refractivity contribution in [2.75, 3.05) is 27.7 Å². The highest BCUT2D eigenvalue weighted by atomic mass is 35.5. The van der Waals surface area contributed by atoms with Crippen LogP contribution in [0.2, 0.25) is 0 Å². The van der Waals surface area contributed by atoms with Gasteiger partial charge in [-0.25, -0.2) is 4.79 Å². The number of quaternary nitrogens is 1. The molecule has 3 nitrogen and oxygen atoms in total. The Morgan fingerprint density at radius 2 is 1.17 bits per heavy atom. The summed E-state index contributed by atoms with van der Waals surface area (Å²) in [6.07, 6.45) is 2.30. The van der Waals surface area contributed by atoms with Gasteiger partial charge in [0, 0.05) is 0 Å². The minimum absolute atomic E-state index is 0. The summed E-state index contributed by atoms with van der Waals surface area (Å²) < 4.78 is 1.07. The lowest BCUT2D eigenvalue weighted by Gasteiger charge is -2.20. The Hall–Kier alpha value is -1.84. The molecule has 0 saturated heterocycles. The maximum Gasteiger partial charge on any atom is 0.335 e. The molecule has 0 aliphatic carbocycles. The Morgan fingerprint density at radius 3 is 1.47 bits per heavy atom. The fourth-order valence-corrected chi connectivity index (χ4v) is 2.21. The van der Waals surface area contributed by atoms with Crippen molar-refractivity contribution in [2.45, 2.75) is 59.3 Å². The zero-order valence-corrected chi connectivity index (χ0v) is 20.9. The lowest BCUT2D eigenvalue weighted by Crippen LogP contribution is -3.00. The summed E-state index contributed by atoms with van der Waals surface area (Å²) in [5, 5.41) is 8.67. The SMILES string of the molecule is CCC(C)c1ccc(C(=O)O)cc1.CCC(C)c1ccccc1.CC[N+](C)(C)C.[Cl-]. The molecule has 0 bridgehead atoms. The molecule has 170 valence electrons. The van der Waals surface area contributed by atoms with Crippen LogP contribution in [0.4, 0.5) is 0 Å². The van der Waals surface area contributed by atoms with E-state index >= 15 is 0 Å². The quantitative estimate of drug-likeness (QED) is 0.700. The van der Waals surface area contributed by atoms with Crippen LogP contribution in [0.15, 0.2) is 54.6 Å². The summed E-state index contributed by atoms with van der Waals surface area (Å²) in [7, 11) is 6.54. The molecule has 0 aliphatic heterocycles. The van der Waals surface area contributed by atoms with Gasteiger partial charge >= 0.3 is 5.97 Å². The third-order valence-electron chi connectivity index (χ3n) is 5.27. The molecule has 0 spiro atoms. The lowest BCUT2D eigenvalue weighted by molar-refractivity contribution is -0.868. The van der Waals surface area contributed by atoms with Gasteiger partial charge in [0.15, 0.2) is 0 Å². The van der Waals surface area contributed by atoms with Gasteiger partial charge in [0.2, 0.25) is 0 Å². The first-order chi connectivity index (χ1) is 13.6. The van der Waals surface area contributed by atoms with Crippen LogP contribution < -0.4 is 12.4 Å². The minimum atomic E-state index is -0.865. The molecular formula is C26H42ClNO2. The van der Waals surface area contributed by atoms with Crippen LogP contribution in [0.3, 0.4) is 0 Å². The van der Waals surface area contributed by atoms with Gasteiger partial charge in [-0.15, -0.1) is 0 Å². The van der Waals surface area contributed by atoms with E-state index in [1.165, 1.54) is 24.1 Å². The van der Waals surface area contributed by atoms with E-state index in [-0.39, 0.29) is 12.4 Å². The largest absolute Gasteiger partial charge is 1.00 e. The first kappa shape index (κ1) is 30.4. The van der Waals surface area contributed by atoms with E-state index in [2.05, 4.69) is 86.1 Å². The van der Waals surface area contributed by atoms with Gasteiger partial charge in [0.05, 0.1) is 33.3 Å². The lowest BCUT2D eigenvalue weighted by atomic mass is 9.98. The van der Waals surface area contributed by atoms with E-state index in [0.717, 1.165) is 10.9 Å². The Morgan fingerprint density at radius 1 is 0.800 bits per heavy atom. The van der Waals surface area contributed by atoms with Gasteiger partial charge in [-0.2, -0.15) is 0 Å². The molecule has 0 heterocycles. The summed E-state index contributed by atoms with van der Waals surface area (Å²) in [4.78, 5) is 10.6. The number of carboxylic acid groups (broad SMARTS) is 1. The predicted octanol–water partition coefficient (Wildman–Crippen LogP) is 3.81. The molecular weight excluding hydrogens is 394 g/mol. The van der Waals surface area contributed by atoms with Crippen molar-refractivity contribution in [3.63, 3.8) is 0 Å². The monoisotopic (exact) mass is 435 g/mol. The fraction of sp³-hybridized carbons (Fsp3) is 0.500. The Kier molecular flexibility index (Phi) is 16.1. The standard InChI is InChI=1S/C11H14O2.C10H14.C5H14N.ClH/c1-3-8(2)9-4-6-10(7-5-9)11(12)13;1-3-9(2)10-7-5-4-6-8-10;1-5-6(2,3)4;/h4-8H,3H2,1-2H3,(H,12,13);4-9H,3H2,1-2H3;5H2,1-4H3;1H/q;;+1;/p-1. The smallest absolute Gasteiger partial charge is 0.335 e. The Labute approximate surface area is 191 Å². The summed E-state index contributed by atoms with van der Waals surface area (Å²) in [6.45, 7) is 12.1. The van der Waals surface area contributed by atoms with Gasteiger partial charge < -0.3 is 22.0 Å². The van der Waals surface area contributed by atoms with Crippen molar-refractivity contribution in [1.29, 1.82) is 0 Å². The summed E-state index contributed by atoms with van der Waals surface area (Å²) in [6, 6.07) is 17.7. The number of halogens is 1. The third kappa shape index (κ3) is 13.4. The molecule has 4 heteroatoms. The van der Waals surface area contributed by atoms with Crippen molar-refractivity contribution in [3.05, 3.63) is 71.3 Å². The van der Waals surface area contributed by atoms with Crippen molar-refractivity contribution in [1.82, 2.24) is 0 Å². The van der Waals surface area contributed by atoms with Gasteiger partial charge in [0.1, 0.15) is 0 Å². The fourth-order valence-electron chi connectivity index (χ4n) is 2.21. The van der Waals surface area contributed by atoms with Gasteiger partial charge in [0.25, 0.3) is 0 Å². The third-order valence-corrected chi connectivity index (χ3v) is 5.27. The van der Waals surface area contributed by atoms with Crippen LogP contribution in [-0.2, 0) is 0 Å². The van der Waals surface area contributed by atoms with Gasteiger partial charge in [-0.1, -0.05) is 70.2 Å². The molecule has 0 radical (unpaired) electrons. The topological polar surface area (TPSA) is 37.3 Å². The van der Waals surface area contributed by atoms with Gasteiger partial charge in [-0.3, -0.25) is 0 Å². The molecule has 0 aliphatic rings. The first-order valence-electron chi connectivity index (χ1n) is 10.7. The molecule has 30 heavy (non-hydrogen) atoms. The molecule has 2 atom stereocenters. The Bertz CT molecular complexity index is 678. The van der Waals surface area contributed by atoms with Crippen molar-refractivity contribution in [3.8, 4) is 0 Å². The normalized spacial score (nSPS) is 12.1. The maximum absolute atomic E-state index is 10.6. The molecule has 2 aromatic carbocycles. The van der Waals surface area contributed by atoms with E-state index in [1.54, 1.807) is 12.1 Å². The number of rotatable bonds is 6. The molecule has 0 fully saturated rings. The van der Waals surface area contributed by atoms with Crippen LogP contribution >= 0.6 is 0 Å². The molecule has 0 amide bonds. The second kappa shape index (κ2) is 15.9. The van der Waals surface area contributed by atoms with E-state index < -0.39 is 5.97 Å². The van der Waals surface area contributed by atoms with Crippen LogP contribution in [0, 0.1) is 0 Å². The molecule has 0 aromatic heterocycles. The van der Waals surface area contributed by atoms with E-state index in [4.69, 9.17) is 5.11 Å². The zero-order chi connectivity index (χ0) is 22.4. The van der Waals surface area contributed by atoms with Crippen LogP contribution in [0.1, 0.15) is 80.8 Å². The van der Waals surface area contributed by atoms with Crippen molar-refractivity contribution < 1.29 is 26.8 Å². The molecule has 2 rings (SSSR count). The average molecular weight is 436 g/mol. The summed E-state index contributed by atoms with van der Waals surface area (Å²) in [5.74, 6) is 0.347. The predicted molar refractivity (Wildman–Crippen MR) is 126 cm³/mol. The second-order valence-electron chi connectivity index (χ2n) is 8.56. The molecule has 0 saturated carbocycles. The van der Waals surface area contributed by atoms with E-state index in [9.17, 15) is 4.79 Å². The number of carboxylic acids is 1. The highest BCUT2D eigenvalue weighted by molar-refractivity contribution is 5.87. The number of carbonyl (C=O) groups is 1. The number of nitrogens with zero attached hydrogens (tertiary/aromatic N) is 1. The average Bonchev–Trinajstić information content (AvgIpc) is 2.73. The van der Waals surface area contributed by atoms with Crippen LogP contribution in [0.25, 0.3) is 0 Å². The zero-order valence-electron chi connectivity index (χ0n) is 20.2. The van der Waals surface area contributed by atoms with Gasteiger partial charge in [-0.05, 0) is 54.9 Å². The summed E-state index contributed by atoms with van der Waals surface area (Å²) in [5.41, 5.74) is 3.00. The Balaban J connectivity index is 0. The number of benzene rings is 2. The van der Waals surface area contributed by atoms with Crippen LogP contribution in [-0.4, -0.2) is 43.2 Å². The highest BCUT2D eigenvalue weighted by Crippen LogP contribution is 2.18. The number of aromatic carboxylic acids is 1. The number of hydrogen-bond donors (Lipinski definition) is 1. The maximum atomic E-state index is 10.6. The highest BCUT2D eigenvalue weighted by Gasteiger charge is 2.05. The number of hydrogen-bond acceptors (Lipinski definition) is 1. The van der Waals surface area contributed by atoms with Crippen molar-refractivity contribution >= 4 is 5.97 Å². The second-order valence-corrected chi connectivity index (χ2v) is 8.56. The minimum Gasteiger partial charge on any atom is -1.00 e. The van der Waals surface area contributed by atoms with Crippen LogP contribution in [0.5, 0.6) is 0 Å². The first-order valence-corrected chi connectivity index (χ1v) is 10.7. The summed E-state index contributed by atoms with van der Waals surface area (Å²) >= 11 is 0. The van der Waals surface area contributed by atoms with Crippen molar-refractivity contribution in [2.24, 2.45) is 0 Å². The van der Waals surface area contributed by atoms with E-state index in [1.807, 2.05) is 12.1 Å². The molecule has 2 unspecified atom stereocenters. The molecule has 2 aromatic rings. The molecule has 1 N–H and O–H groups in total.